The molecule has 0 radical (unpaired) electrons. The molecule has 0 unspecified atom stereocenters. The Labute approximate surface area is 171 Å². The number of amides is 1. The van der Waals surface area contributed by atoms with Crippen LogP contribution >= 0.6 is 46.0 Å². The van der Waals surface area contributed by atoms with Crippen molar-refractivity contribution in [1.29, 1.82) is 0 Å². The van der Waals surface area contributed by atoms with Crippen molar-refractivity contribution in [2.75, 3.05) is 10.0 Å². The topological polar surface area (TPSA) is 74.0 Å². The summed E-state index contributed by atoms with van der Waals surface area (Å²) in [6.45, 7) is 0. The number of carbonyl (C=O) groups is 1. The van der Waals surface area contributed by atoms with E-state index in [0.717, 1.165) is 32.5 Å². The minimum Gasteiger partial charge on any atom is -0.325 e. The predicted octanol–water partition coefficient (Wildman–Crippen LogP) is 5.60. The van der Waals surface area contributed by atoms with Crippen LogP contribution in [-0.2, 0) is 0 Å². The molecule has 27 heavy (non-hydrogen) atoms. The van der Waals surface area contributed by atoms with Crippen LogP contribution in [0.3, 0.4) is 0 Å². The average molecular weight is 432 g/mol. The summed E-state index contributed by atoms with van der Waals surface area (Å²) >= 11 is 5.65. The largest absolute Gasteiger partial charge is 0.325 e. The number of hydrogen-bond donors (Lipinski definition) is 3. The molecule has 0 spiro atoms. The lowest BCUT2D eigenvalue weighted by Crippen LogP contribution is -2.10. The monoisotopic (exact) mass is 431 g/mol. The number of anilines is 2. The van der Waals surface area contributed by atoms with E-state index in [-0.39, 0.29) is 10.8 Å². The first-order chi connectivity index (χ1) is 13.2. The van der Waals surface area contributed by atoms with Gasteiger partial charge in [-0.2, -0.15) is 0 Å². The molecule has 3 N–H and O–H groups in total. The average Bonchev–Trinajstić information content (AvgIpc) is 3.42. The summed E-state index contributed by atoms with van der Waals surface area (Å²) in [4.78, 5) is 27.3. The van der Waals surface area contributed by atoms with E-state index in [1.54, 1.807) is 22.8 Å². The summed E-state index contributed by atoms with van der Waals surface area (Å²) in [5, 5.41) is 8.59. The number of benzene rings is 1. The third-order valence-corrected chi connectivity index (χ3v) is 6.95. The van der Waals surface area contributed by atoms with Gasteiger partial charge in [0.15, 0.2) is 0 Å². The third-order valence-electron chi connectivity index (χ3n) is 3.53. The van der Waals surface area contributed by atoms with E-state index in [9.17, 15) is 9.59 Å². The maximum absolute atomic E-state index is 12.4. The molecule has 0 saturated carbocycles. The van der Waals surface area contributed by atoms with Gasteiger partial charge in [-0.3, -0.25) is 9.59 Å². The van der Waals surface area contributed by atoms with Gasteiger partial charge in [0.2, 0.25) is 0 Å². The van der Waals surface area contributed by atoms with E-state index < -0.39 is 0 Å². The zero-order chi connectivity index (χ0) is 18.6. The number of rotatable bonds is 6. The van der Waals surface area contributed by atoms with Crippen LogP contribution in [0.2, 0.25) is 0 Å². The Morgan fingerprint density at radius 3 is 2.52 bits per heavy atom. The van der Waals surface area contributed by atoms with Gasteiger partial charge >= 0.3 is 4.87 Å². The Balaban J connectivity index is 1.63. The van der Waals surface area contributed by atoms with Gasteiger partial charge in [0.1, 0.15) is 0 Å². The fraction of sp³-hybridized carbons (Fsp3) is 0. The molecule has 4 aromatic rings. The Bertz CT molecular complexity index is 1100. The normalized spacial score (nSPS) is 10.7. The molecule has 1 aromatic carbocycles. The maximum atomic E-state index is 12.4. The van der Waals surface area contributed by atoms with Crippen molar-refractivity contribution >= 4 is 63.2 Å². The molecule has 0 aliphatic carbocycles. The quantitative estimate of drug-likeness (QED) is 0.348. The molecular weight excluding hydrogens is 418 g/mol. The molecule has 5 nitrogen and oxygen atoms in total. The van der Waals surface area contributed by atoms with Crippen LogP contribution in [-0.4, -0.2) is 10.9 Å². The van der Waals surface area contributed by atoms with Gasteiger partial charge in [-0.15, -0.1) is 22.7 Å². The van der Waals surface area contributed by atoms with Crippen LogP contribution in [0.5, 0.6) is 0 Å². The summed E-state index contributed by atoms with van der Waals surface area (Å²) in [5.74, 6) is -0.155. The molecule has 0 bridgehead atoms. The van der Waals surface area contributed by atoms with Crippen molar-refractivity contribution < 1.29 is 4.79 Å². The number of H-pyrrole nitrogens is 1. The van der Waals surface area contributed by atoms with E-state index in [1.165, 1.54) is 23.3 Å². The summed E-state index contributed by atoms with van der Waals surface area (Å²) in [6, 6.07) is 13.3. The van der Waals surface area contributed by atoms with Crippen LogP contribution in [0.25, 0.3) is 11.3 Å². The van der Waals surface area contributed by atoms with Crippen molar-refractivity contribution in [3.05, 3.63) is 73.1 Å². The molecule has 3 aromatic heterocycles. The molecule has 0 saturated heterocycles. The van der Waals surface area contributed by atoms with Crippen molar-refractivity contribution in [2.45, 2.75) is 4.21 Å². The second-order valence-corrected chi connectivity index (χ2v) is 9.27. The highest BCUT2D eigenvalue weighted by Crippen LogP contribution is 2.31. The molecular formula is C18H13N3O2S4. The van der Waals surface area contributed by atoms with E-state index in [0.29, 0.717) is 10.6 Å². The van der Waals surface area contributed by atoms with E-state index in [1.807, 2.05) is 47.2 Å². The highest BCUT2D eigenvalue weighted by atomic mass is 32.2. The lowest BCUT2D eigenvalue weighted by Gasteiger charge is -2.11. The third kappa shape index (κ3) is 4.51. The number of aromatic amines is 1. The predicted molar refractivity (Wildman–Crippen MR) is 116 cm³/mol. The van der Waals surface area contributed by atoms with E-state index >= 15 is 0 Å². The van der Waals surface area contributed by atoms with Gasteiger partial charge in [-0.25, -0.2) is 0 Å². The first-order valence-electron chi connectivity index (χ1n) is 7.82. The minimum absolute atomic E-state index is 0.111. The molecule has 0 aliphatic rings. The Hall–Kier alpha value is -2.33. The van der Waals surface area contributed by atoms with Crippen LogP contribution < -0.4 is 14.9 Å². The lowest BCUT2D eigenvalue weighted by molar-refractivity contribution is 0.103. The number of hydrogen-bond acceptors (Lipinski definition) is 7. The van der Waals surface area contributed by atoms with Gasteiger partial charge in [0.25, 0.3) is 5.91 Å². The molecule has 3 heterocycles. The molecule has 4 rings (SSSR count). The fourth-order valence-corrected chi connectivity index (χ4v) is 4.99. The van der Waals surface area contributed by atoms with Crippen LogP contribution in [0, 0.1) is 0 Å². The first-order valence-corrected chi connectivity index (χ1v) is 11.3. The second kappa shape index (κ2) is 8.13. The molecule has 1 amide bonds. The highest BCUT2D eigenvalue weighted by molar-refractivity contribution is 8.02. The number of thiophene rings is 2. The molecule has 0 atom stereocenters. The summed E-state index contributed by atoms with van der Waals surface area (Å²) in [6.07, 6.45) is 0. The lowest BCUT2D eigenvalue weighted by atomic mass is 10.1. The van der Waals surface area contributed by atoms with Crippen LogP contribution in [0.1, 0.15) is 9.67 Å². The standard InChI is InChI=1S/C18H13N3O2S4/c22-17(15-3-1-5-24-15)19-12-7-11(14-10-26-18(23)20-14)8-13(9-12)21-27-16-4-2-6-25-16/h1-10,21H,(H,19,22)(H,20,23). The van der Waals surface area contributed by atoms with Crippen molar-refractivity contribution in [1.82, 2.24) is 4.98 Å². The SMILES string of the molecule is O=C(Nc1cc(NSc2cccs2)cc(-c2csc(=O)[nH]2)c1)c1cccs1. The fourth-order valence-electron chi connectivity index (χ4n) is 2.37. The van der Waals surface area contributed by atoms with Gasteiger partial charge < -0.3 is 15.0 Å². The Kier molecular flexibility index (Phi) is 5.44. The van der Waals surface area contributed by atoms with Crippen LogP contribution in [0.4, 0.5) is 11.4 Å². The Morgan fingerprint density at radius 2 is 1.81 bits per heavy atom. The molecule has 0 fully saturated rings. The van der Waals surface area contributed by atoms with Crippen molar-refractivity contribution in [2.24, 2.45) is 0 Å². The smallest absolute Gasteiger partial charge is 0.304 e. The molecule has 0 aliphatic heterocycles. The second-order valence-electron chi connectivity index (χ2n) is 5.43. The van der Waals surface area contributed by atoms with Gasteiger partial charge in [0.05, 0.1) is 14.8 Å². The van der Waals surface area contributed by atoms with Gasteiger partial charge in [-0.05, 0) is 53.0 Å². The molecule has 136 valence electrons. The number of aromatic nitrogens is 1. The Morgan fingerprint density at radius 1 is 1.00 bits per heavy atom. The van der Waals surface area contributed by atoms with Gasteiger partial charge in [0, 0.05) is 22.3 Å². The number of thiazole rings is 1. The first kappa shape index (κ1) is 18.1. The highest BCUT2D eigenvalue weighted by Gasteiger charge is 2.11. The zero-order valence-electron chi connectivity index (χ0n) is 13.7. The van der Waals surface area contributed by atoms with Gasteiger partial charge in [-0.1, -0.05) is 23.5 Å². The summed E-state index contributed by atoms with van der Waals surface area (Å²) in [5.41, 5.74) is 3.04. The number of nitrogens with one attached hydrogen (secondary N) is 3. The van der Waals surface area contributed by atoms with E-state index in [4.69, 9.17) is 0 Å². The van der Waals surface area contributed by atoms with Crippen molar-refractivity contribution in [3.63, 3.8) is 0 Å². The number of carbonyl (C=O) groups excluding carboxylic acids is 1. The zero-order valence-corrected chi connectivity index (χ0v) is 17.0. The summed E-state index contributed by atoms with van der Waals surface area (Å²) < 4.78 is 4.44. The van der Waals surface area contributed by atoms with Crippen LogP contribution in [0.15, 0.2) is 67.6 Å². The minimum atomic E-state index is -0.155. The summed E-state index contributed by atoms with van der Waals surface area (Å²) in [7, 11) is 0. The molecule has 9 heteroatoms. The van der Waals surface area contributed by atoms with E-state index in [2.05, 4.69) is 15.0 Å². The van der Waals surface area contributed by atoms with Crippen molar-refractivity contribution in [3.8, 4) is 11.3 Å². The maximum Gasteiger partial charge on any atom is 0.304 e.